The number of nitrogens with one attached hydrogen (secondary N) is 1. The van der Waals surface area contributed by atoms with Gasteiger partial charge in [-0.2, -0.15) is 0 Å². The Balaban J connectivity index is 3.31. The quantitative estimate of drug-likeness (QED) is 0.682. The van der Waals surface area contributed by atoms with E-state index in [0.29, 0.717) is 22.9 Å². The minimum absolute atomic E-state index is 0.402. The number of rotatable bonds is 2. The number of nitrogens with zero attached hydrogens (tertiary/aromatic N) is 2. The number of aromatic nitrogens is 2. The van der Waals surface area contributed by atoms with Gasteiger partial charge in [0.1, 0.15) is 0 Å². The summed E-state index contributed by atoms with van der Waals surface area (Å²) < 4.78 is 0. The molecule has 70 valence electrons. The molecule has 0 fully saturated rings. The van der Waals surface area contributed by atoms with Gasteiger partial charge in [-0.15, -0.1) is 0 Å². The maximum absolute atomic E-state index is 11.0. The van der Waals surface area contributed by atoms with Crippen LogP contribution in [0.2, 0.25) is 0 Å². The van der Waals surface area contributed by atoms with Gasteiger partial charge in [0.2, 0.25) is 5.95 Å². The number of aryl methyl sites for hydroxylation is 2. The lowest BCUT2D eigenvalue weighted by molar-refractivity contribution is 0.0998. The van der Waals surface area contributed by atoms with Gasteiger partial charge in [0.05, 0.1) is 17.0 Å². The fraction of sp³-hybridized carbons (Fsp3) is 0.375. The number of hydrogen-bond acceptors (Lipinski definition) is 4. The van der Waals surface area contributed by atoms with E-state index in [2.05, 4.69) is 15.3 Å². The van der Waals surface area contributed by atoms with Crippen molar-refractivity contribution in [2.24, 2.45) is 5.73 Å². The molecule has 5 nitrogen and oxygen atoms in total. The van der Waals surface area contributed by atoms with Gasteiger partial charge in [-0.05, 0) is 13.8 Å². The second kappa shape index (κ2) is 3.38. The Kier molecular flexibility index (Phi) is 2.46. The summed E-state index contributed by atoms with van der Waals surface area (Å²) in [4.78, 5) is 19.1. The minimum Gasteiger partial charge on any atom is -0.365 e. The van der Waals surface area contributed by atoms with Crippen molar-refractivity contribution in [1.82, 2.24) is 9.97 Å². The Morgan fingerprint density at radius 1 is 1.31 bits per heavy atom. The third kappa shape index (κ3) is 1.74. The number of nitrogens with two attached hydrogens (primary N) is 1. The van der Waals surface area contributed by atoms with E-state index >= 15 is 0 Å². The van der Waals surface area contributed by atoms with Crippen LogP contribution in [0, 0.1) is 13.8 Å². The summed E-state index contributed by atoms with van der Waals surface area (Å²) in [5.74, 6) is 0.0117. The summed E-state index contributed by atoms with van der Waals surface area (Å²) in [6, 6.07) is 0. The summed E-state index contributed by atoms with van der Waals surface area (Å²) in [6.07, 6.45) is 0. The molecule has 0 atom stereocenters. The fourth-order valence-electron chi connectivity index (χ4n) is 1.18. The second-order valence-corrected chi connectivity index (χ2v) is 2.71. The van der Waals surface area contributed by atoms with E-state index in [1.54, 1.807) is 20.9 Å². The van der Waals surface area contributed by atoms with Gasteiger partial charge in [-0.25, -0.2) is 9.97 Å². The molecule has 0 aromatic carbocycles. The van der Waals surface area contributed by atoms with Crippen molar-refractivity contribution < 1.29 is 4.79 Å². The third-order valence-electron chi connectivity index (χ3n) is 1.74. The van der Waals surface area contributed by atoms with Crippen LogP contribution in [0.15, 0.2) is 0 Å². The summed E-state index contributed by atoms with van der Waals surface area (Å²) >= 11 is 0. The van der Waals surface area contributed by atoms with Gasteiger partial charge in [-0.3, -0.25) is 4.79 Å². The van der Waals surface area contributed by atoms with Gasteiger partial charge < -0.3 is 11.1 Å². The van der Waals surface area contributed by atoms with Crippen LogP contribution in [0.3, 0.4) is 0 Å². The van der Waals surface area contributed by atoms with Gasteiger partial charge in [0.15, 0.2) is 0 Å². The highest BCUT2D eigenvalue weighted by Gasteiger charge is 2.11. The molecule has 0 unspecified atom stereocenters. The molecule has 1 heterocycles. The number of carbonyl (C=O) groups excluding carboxylic acids is 1. The number of amides is 1. The molecule has 5 heteroatoms. The highest BCUT2D eigenvalue weighted by atomic mass is 16.1. The van der Waals surface area contributed by atoms with E-state index in [-0.39, 0.29) is 0 Å². The molecule has 1 rings (SSSR count). The van der Waals surface area contributed by atoms with Crippen molar-refractivity contribution in [3.63, 3.8) is 0 Å². The number of primary amides is 1. The molecule has 0 aliphatic rings. The Labute approximate surface area is 76.4 Å². The Morgan fingerprint density at radius 3 is 2.08 bits per heavy atom. The Bertz CT molecular complexity index is 325. The number of carbonyl (C=O) groups is 1. The summed E-state index contributed by atoms with van der Waals surface area (Å²) in [5, 5.41) is 2.80. The lowest BCUT2D eigenvalue weighted by Crippen LogP contribution is -2.17. The van der Waals surface area contributed by atoms with Gasteiger partial charge in [0.25, 0.3) is 5.91 Å². The molecule has 0 bridgehead atoms. The molecule has 1 amide bonds. The predicted octanol–water partition coefficient (Wildman–Crippen LogP) is 0.234. The summed E-state index contributed by atoms with van der Waals surface area (Å²) in [7, 11) is 1.72. The molecule has 0 radical (unpaired) electrons. The predicted molar refractivity (Wildman–Crippen MR) is 49.6 cm³/mol. The lowest BCUT2D eigenvalue weighted by Gasteiger charge is -2.06. The molecule has 0 spiro atoms. The Hall–Kier alpha value is -1.65. The topological polar surface area (TPSA) is 80.9 Å². The fourth-order valence-corrected chi connectivity index (χ4v) is 1.18. The van der Waals surface area contributed by atoms with Crippen LogP contribution in [-0.2, 0) is 0 Å². The normalized spacial score (nSPS) is 9.77. The molecule has 1 aromatic heterocycles. The largest absolute Gasteiger partial charge is 0.365 e. The maximum atomic E-state index is 11.0. The van der Waals surface area contributed by atoms with Gasteiger partial charge in [0, 0.05) is 7.05 Å². The Morgan fingerprint density at radius 2 is 1.77 bits per heavy atom. The van der Waals surface area contributed by atoms with Crippen LogP contribution >= 0.6 is 0 Å². The van der Waals surface area contributed by atoms with Gasteiger partial charge in [-0.1, -0.05) is 0 Å². The van der Waals surface area contributed by atoms with Crippen LogP contribution in [0.5, 0.6) is 0 Å². The molecule has 3 N–H and O–H groups in total. The van der Waals surface area contributed by atoms with E-state index in [1.165, 1.54) is 0 Å². The minimum atomic E-state index is -0.488. The maximum Gasteiger partial charge on any atom is 0.252 e. The molecule has 1 aromatic rings. The van der Waals surface area contributed by atoms with Crippen molar-refractivity contribution in [1.29, 1.82) is 0 Å². The van der Waals surface area contributed by atoms with E-state index in [0.717, 1.165) is 0 Å². The molecule has 13 heavy (non-hydrogen) atoms. The highest BCUT2D eigenvalue weighted by Crippen LogP contribution is 2.10. The first-order valence-corrected chi connectivity index (χ1v) is 3.89. The van der Waals surface area contributed by atoms with Crippen LogP contribution in [0.4, 0.5) is 5.95 Å². The van der Waals surface area contributed by atoms with Gasteiger partial charge >= 0.3 is 0 Å². The summed E-state index contributed by atoms with van der Waals surface area (Å²) in [5.41, 5.74) is 6.77. The summed E-state index contributed by atoms with van der Waals surface area (Å²) in [6.45, 7) is 3.46. The van der Waals surface area contributed by atoms with Crippen LogP contribution < -0.4 is 11.1 Å². The van der Waals surface area contributed by atoms with E-state index < -0.39 is 5.91 Å². The zero-order chi connectivity index (χ0) is 10.0. The van der Waals surface area contributed by atoms with Crippen LogP contribution in [-0.4, -0.2) is 22.9 Å². The van der Waals surface area contributed by atoms with Crippen LogP contribution in [0.25, 0.3) is 0 Å². The van der Waals surface area contributed by atoms with Crippen molar-refractivity contribution in [2.45, 2.75) is 13.8 Å². The second-order valence-electron chi connectivity index (χ2n) is 2.71. The first-order valence-electron chi connectivity index (χ1n) is 3.89. The van der Waals surface area contributed by atoms with Crippen molar-refractivity contribution in [2.75, 3.05) is 12.4 Å². The van der Waals surface area contributed by atoms with Crippen molar-refractivity contribution >= 4 is 11.9 Å². The van der Waals surface area contributed by atoms with E-state index in [1.807, 2.05) is 0 Å². The lowest BCUT2D eigenvalue weighted by atomic mass is 10.1. The molecular formula is C8H12N4O. The zero-order valence-corrected chi connectivity index (χ0v) is 7.88. The van der Waals surface area contributed by atoms with E-state index in [9.17, 15) is 4.79 Å². The third-order valence-corrected chi connectivity index (χ3v) is 1.74. The molecule has 0 saturated carbocycles. The highest BCUT2D eigenvalue weighted by molar-refractivity contribution is 5.94. The first kappa shape index (κ1) is 9.44. The molecular weight excluding hydrogens is 168 g/mol. The average Bonchev–Trinajstić information content (AvgIpc) is 2.02. The molecule has 0 aliphatic heterocycles. The average molecular weight is 180 g/mol. The van der Waals surface area contributed by atoms with E-state index in [4.69, 9.17) is 5.73 Å². The number of anilines is 1. The smallest absolute Gasteiger partial charge is 0.252 e. The van der Waals surface area contributed by atoms with Crippen molar-refractivity contribution in [3.8, 4) is 0 Å². The molecule has 0 saturated heterocycles. The molecule has 0 aliphatic carbocycles. The standard InChI is InChI=1S/C8H12N4O/c1-4-6(7(9)13)5(2)12-8(10-3)11-4/h1-3H3,(H2,9,13)(H,10,11,12). The van der Waals surface area contributed by atoms with Crippen LogP contribution in [0.1, 0.15) is 21.7 Å². The first-order chi connectivity index (χ1) is 6.06. The SMILES string of the molecule is CNc1nc(C)c(C(N)=O)c(C)n1. The zero-order valence-electron chi connectivity index (χ0n) is 7.88. The van der Waals surface area contributed by atoms with Crippen molar-refractivity contribution in [3.05, 3.63) is 17.0 Å². The number of hydrogen-bond donors (Lipinski definition) is 2. The monoisotopic (exact) mass is 180 g/mol.